The molecule has 1 aromatic rings. The molecule has 1 atom stereocenters. The van der Waals surface area contributed by atoms with Crippen molar-refractivity contribution in [3.05, 3.63) is 33.8 Å². The Morgan fingerprint density at radius 1 is 1.38 bits per heavy atom. The fourth-order valence-corrected chi connectivity index (χ4v) is 3.25. The van der Waals surface area contributed by atoms with Crippen molar-refractivity contribution in [2.24, 2.45) is 11.7 Å². The summed E-state index contributed by atoms with van der Waals surface area (Å²) in [6.07, 6.45) is 6.68. The smallest absolute Gasteiger partial charge is 0.0308 e. The van der Waals surface area contributed by atoms with Crippen molar-refractivity contribution in [1.29, 1.82) is 0 Å². The highest BCUT2D eigenvalue weighted by molar-refractivity contribution is 9.10. The molecule has 0 saturated heterocycles. The molecular weight excluding hydrogens is 262 g/mol. The van der Waals surface area contributed by atoms with Gasteiger partial charge < -0.3 is 5.73 Å². The van der Waals surface area contributed by atoms with E-state index in [2.05, 4.69) is 41.1 Å². The maximum Gasteiger partial charge on any atom is 0.0308 e. The summed E-state index contributed by atoms with van der Waals surface area (Å²) in [4.78, 5) is 0. The molecule has 1 nitrogen and oxygen atoms in total. The molecule has 0 aliphatic heterocycles. The first-order chi connectivity index (χ1) is 7.68. The number of hydrogen-bond donors (Lipinski definition) is 1. The van der Waals surface area contributed by atoms with Crippen molar-refractivity contribution < 1.29 is 0 Å². The Bertz CT molecular complexity index is 356. The normalized spacial score (nSPS) is 18.9. The molecule has 2 N–H and O–H groups in total. The van der Waals surface area contributed by atoms with Gasteiger partial charge in [0.1, 0.15) is 0 Å². The van der Waals surface area contributed by atoms with Crippen LogP contribution in [0.4, 0.5) is 0 Å². The fraction of sp³-hybridized carbons (Fsp3) is 0.571. The predicted molar refractivity (Wildman–Crippen MR) is 72.4 cm³/mol. The summed E-state index contributed by atoms with van der Waals surface area (Å²) in [5.41, 5.74) is 8.86. The van der Waals surface area contributed by atoms with Gasteiger partial charge >= 0.3 is 0 Å². The van der Waals surface area contributed by atoms with E-state index in [1.807, 2.05) is 0 Å². The zero-order valence-electron chi connectivity index (χ0n) is 9.88. The van der Waals surface area contributed by atoms with Crippen LogP contribution in [0.5, 0.6) is 0 Å². The second-order valence-corrected chi connectivity index (χ2v) is 5.76. The number of halogens is 1. The van der Waals surface area contributed by atoms with Gasteiger partial charge in [0.15, 0.2) is 0 Å². The van der Waals surface area contributed by atoms with Crippen LogP contribution in [0.15, 0.2) is 22.7 Å². The topological polar surface area (TPSA) is 26.0 Å². The van der Waals surface area contributed by atoms with Gasteiger partial charge in [-0.1, -0.05) is 59.8 Å². The minimum atomic E-state index is 0.192. The molecule has 88 valence electrons. The third-order valence-electron chi connectivity index (χ3n) is 3.68. The molecule has 1 fully saturated rings. The van der Waals surface area contributed by atoms with Crippen LogP contribution in [0, 0.1) is 12.8 Å². The quantitative estimate of drug-likeness (QED) is 0.877. The van der Waals surface area contributed by atoms with E-state index in [1.165, 1.54) is 41.3 Å². The number of rotatable bonds is 3. The molecule has 0 aromatic heterocycles. The van der Waals surface area contributed by atoms with Crippen LogP contribution in [0.2, 0.25) is 0 Å². The molecule has 1 aromatic carbocycles. The lowest BCUT2D eigenvalue weighted by atomic mass is 9.93. The number of benzene rings is 1. The number of hydrogen-bond acceptors (Lipinski definition) is 1. The molecule has 0 radical (unpaired) electrons. The standard InChI is InChI=1S/C14H20BrN/c1-10-5-4-8-12(14(10)15)13(16)9-11-6-2-3-7-11/h4-5,8,11,13H,2-3,6-7,9,16H2,1H3. The Kier molecular flexibility index (Phi) is 4.04. The molecule has 1 unspecified atom stereocenters. The molecular formula is C14H20BrN. The molecule has 0 amide bonds. The van der Waals surface area contributed by atoms with E-state index in [9.17, 15) is 0 Å². The van der Waals surface area contributed by atoms with Crippen LogP contribution in [0.3, 0.4) is 0 Å². The van der Waals surface area contributed by atoms with Gasteiger partial charge in [0.2, 0.25) is 0 Å². The first-order valence-corrected chi connectivity index (χ1v) is 6.98. The SMILES string of the molecule is Cc1cccc(C(N)CC2CCCC2)c1Br. The van der Waals surface area contributed by atoms with E-state index in [1.54, 1.807) is 0 Å². The van der Waals surface area contributed by atoms with Gasteiger partial charge in [-0.05, 0) is 30.4 Å². The van der Waals surface area contributed by atoms with Crippen molar-refractivity contribution in [2.45, 2.75) is 45.1 Å². The van der Waals surface area contributed by atoms with Crippen LogP contribution in [-0.2, 0) is 0 Å². The van der Waals surface area contributed by atoms with Gasteiger partial charge in [-0.2, -0.15) is 0 Å². The van der Waals surface area contributed by atoms with Gasteiger partial charge in [-0.3, -0.25) is 0 Å². The van der Waals surface area contributed by atoms with Gasteiger partial charge in [-0.15, -0.1) is 0 Å². The summed E-state index contributed by atoms with van der Waals surface area (Å²) >= 11 is 3.65. The van der Waals surface area contributed by atoms with Crippen molar-refractivity contribution >= 4 is 15.9 Å². The average Bonchev–Trinajstić information content (AvgIpc) is 2.74. The summed E-state index contributed by atoms with van der Waals surface area (Å²) in [6.45, 7) is 2.12. The highest BCUT2D eigenvalue weighted by Gasteiger charge is 2.20. The van der Waals surface area contributed by atoms with Crippen LogP contribution in [0.25, 0.3) is 0 Å². The van der Waals surface area contributed by atoms with Crippen molar-refractivity contribution in [3.63, 3.8) is 0 Å². The van der Waals surface area contributed by atoms with E-state index in [-0.39, 0.29) is 6.04 Å². The Morgan fingerprint density at radius 2 is 2.06 bits per heavy atom. The predicted octanol–water partition coefficient (Wildman–Crippen LogP) is 4.34. The molecule has 16 heavy (non-hydrogen) atoms. The zero-order valence-corrected chi connectivity index (χ0v) is 11.5. The monoisotopic (exact) mass is 281 g/mol. The van der Waals surface area contributed by atoms with E-state index in [4.69, 9.17) is 5.73 Å². The third-order valence-corrected chi connectivity index (χ3v) is 4.77. The second kappa shape index (κ2) is 5.33. The van der Waals surface area contributed by atoms with Gasteiger partial charge in [0.05, 0.1) is 0 Å². The zero-order chi connectivity index (χ0) is 11.5. The molecule has 0 bridgehead atoms. The highest BCUT2D eigenvalue weighted by Crippen LogP contribution is 2.34. The van der Waals surface area contributed by atoms with Crippen molar-refractivity contribution in [2.75, 3.05) is 0 Å². The minimum absolute atomic E-state index is 0.192. The van der Waals surface area contributed by atoms with Gasteiger partial charge in [-0.25, -0.2) is 0 Å². The van der Waals surface area contributed by atoms with Crippen LogP contribution < -0.4 is 5.73 Å². The highest BCUT2D eigenvalue weighted by atomic mass is 79.9. The van der Waals surface area contributed by atoms with Crippen LogP contribution in [0.1, 0.15) is 49.3 Å². The summed E-state index contributed by atoms with van der Waals surface area (Å²) in [5, 5.41) is 0. The Hall–Kier alpha value is -0.340. The lowest BCUT2D eigenvalue weighted by molar-refractivity contribution is 0.450. The number of aryl methyl sites for hydroxylation is 1. The van der Waals surface area contributed by atoms with Crippen LogP contribution in [-0.4, -0.2) is 0 Å². The fourth-order valence-electron chi connectivity index (χ4n) is 2.69. The maximum absolute atomic E-state index is 6.31. The lowest BCUT2D eigenvalue weighted by Gasteiger charge is -2.18. The largest absolute Gasteiger partial charge is 0.324 e. The first-order valence-electron chi connectivity index (χ1n) is 6.19. The van der Waals surface area contributed by atoms with Crippen molar-refractivity contribution in [1.82, 2.24) is 0 Å². The Labute approximate surface area is 107 Å². The lowest BCUT2D eigenvalue weighted by Crippen LogP contribution is -2.15. The van der Waals surface area contributed by atoms with Gasteiger partial charge in [0.25, 0.3) is 0 Å². The molecule has 1 saturated carbocycles. The van der Waals surface area contributed by atoms with E-state index >= 15 is 0 Å². The molecule has 1 aliphatic rings. The molecule has 0 heterocycles. The Balaban J connectivity index is 2.07. The van der Waals surface area contributed by atoms with E-state index < -0.39 is 0 Å². The maximum atomic E-state index is 6.31. The molecule has 2 rings (SSSR count). The summed E-state index contributed by atoms with van der Waals surface area (Å²) in [5.74, 6) is 0.849. The molecule has 0 spiro atoms. The number of nitrogens with two attached hydrogens (primary N) is 1. The molecule has 1 aliphatic carbocycles. The summed E-state index contributed by atoms with van der Waals surface area (Å²) in [6, 6.07) is 6.56. The minimum Gasteiger partial charge on any atom is -0.324 e. The Morgan fingerprint density at radius 3 is 2.75 bits per heavy atom. The second-order valence-electron chi connectivity index (χ2n) is 4.97. The summed E-state index contributed by atoms with van der Waals surface area (Å²) < 4.78 is 1.19. The van der Waals surface area contributed by atoms with E-state index in [0.717, 1.165) is 12.3 Å². The van der Waals surface area contributed by atoms with Gasteiger partial charge in [0, 0.05) is 10.5 Å². The van der Waals surface area contributed by atoms with Crippen molar-refractivity contribution in [3.8, 4) is 0 Å². The van der Waals surface area contributed by atoms with Crippen LogP contribution >= 0.6 is 15.9 Å². The molecule has 2 heteroatoms. The third kappa shape index (κ3) is 2.67. The first kappa shape index (κ1) is 12.1. The average molecular weight is 282 g/mol. The van der Waals surface area contributed by atoms with E-state index in [0.29, 0.717) is 0 Å². The summed E-state index contributed by atoms with van der Waals surface area (Å²) in [7, 11) is 0.